The second-order valence-electron chi connectivity index (χ2n) is 5.41. The van der Waals surface area contributed by atoms with E-state index in [2.05, 4.69) is 5.32 Å². The van der Waals surface area contributed by atoms with E-state index in [0.717, 1.165) is 23.7 Å². The SMILES string of the molecule is COC(=O)c1ccc(NCC2CCCCC2)c(C)c1. The molecule has 1 N–H and O–H groups in total. The fraction of sp³-hybridized carbons (Fsp3) is 0.562. The molecule has 3 heteroatoms. The van der Waals surface area contributed by atoms with Gasteiger partial charge in [0, 0.05) is 12.2 Å². The Morgan fingerprint density at radius 3 is 2.68 bits per heavy atom. The quantitative estimate of drug-likeness (QED) is 0.838. The van der Waals surface area contributed by atoms with Crippen molar-refractivity contribution < 1.29 is 9.53 Å². The lowest BCUT2D eigenvalue weighted by Crippen LogP contribution is -2.17. The van der Waals surface area contributed by atoms with Crippen LogP contribution < -0.4 is 5.32 Å². The Bertz CT molecular complexity index is 436. The predicted octanol–water partition coefficient (Wildman–Crippen LogP) is 3.77. The lowest BCUT2D eigenvalue weighted by Gasteiger charge is -2.22. The molecule has 1 aliphatic carbocycles. The van der Waals surface area contributed by atoms with E-state index >= 15 is 0 Å². The molecule has 1 aliphatic rings. The summed E-state index contributed by atoms with van der Waals surface area (Å²) in [5.74, 6) is 0.523. The van der Waals surface area contributed by atoms with E-state index in [1.807, 2.05) is 25.1 Å². The molecule has 0 saturated heterocycles. The number of rotatable bonds is 4. The maximum absolute atomic E-state index is 11.4. The molecule has 1 aromatic rings. The lowest BCUT2D eigenvalue weighted by atomic mass is 9.89. The molecule has 0 atom stereocenters. The third-order valence-electron chi connectivity index (χ3n) is 3.95. The summed E-state index contributed by atoms with van der Waals surface area (Å²) in [5, 5.41) is 3.51. The molecule has 1 fully saturated rings. The van der Waals surface area contributed by atoms with Gasteiger partial charge in [0.25, 0.3) is 0 Å². The van der Waals surface area contributed by atoms with Gasteiger partial charge in [-0.25, -0.2) is 4.79 Å². The summed E-state index contributed by atoms with van der Waals surface area (Å²) >= 11 is 0. The van der Waals surface area contributed by atoms with Crippen molar-refractivity contribution in [2.45, 2.75) is 39.0 Å². The van der Waals surface area contributed by atoms with Crippen LogP contribution >= 0.6 is 0 Å². The van der Waals surface area contributed by atoms with E-state index in [0.29, 0.717) is 5.56 Å². The van der Waals surface area contributed by atoms with Crippen molar-refractivity contribution in [3.8, 4) is 0 Å². The minimum Gasteiger partial charge on any atom is -0.465 e. The third-order valence-corrected chi connectivity index (χ3v) is 3.95. The van der Waals surface area contributed by atoms with Crippen molar-refractivity contribution in [1.29, 1.82) is 0 Å². The summed E-state index contributed by atoms with van der Waals surface area (Å²) in [5.41, 5.74) is 2.83. The molecule has 0 amide bonds. The second-order valence-corrected chi connectivity index (χ2v) is 5.41. The minimum atomic E-state index is -0.276. The van der Waals surface area contributed by atoms with E-state index in [1.54, 1.807) is 0 Å². The van der Waals surface area contributed by atoms with Crippen molar-refractivity contribution >= 4 is 11.7 Å². The maximum Gasteiger partial charge on any atom is 0.337 e. The standard InChI is InChI=1S/C16H23NO2/c1-12-10-14(16(18)19-2)8-9-15(12)17-11-13-6-4-3-5-7-13/h8-10,13,17H,3-7,11H2,1-2H3. The fourth-order valence-electron chi connectivity index (χ4n) is 2.75. The fourth-order valence-corrected chi connectivity index (χ4v) is 2.75. The van der Waals surface area contributed by atoms with Crippen molar-refractivity contribution in [2.24, 2.45) is 5.92 Å². The van der Waals surface area contributed by atoms with Gasteiger partial charge in [0.2, 0.25) is 0 Å². The van der Waals surface area contributed by atoms with Gasteiger partial charge < -0.3 is 10.1 Å². The molecule has 2 rings (SSSR count). The molecule has 0 bridgehead atoms. The first-order chi connectivity index (χ1) is 9.20. The molecule has 0 heterocycles. The molecule has 0 spiro atoms. The van der Waals surface area contributed by atoms with Crippen molar-refractivity contribution in [1.82, 2.24) is 0 Å². The summed E-state index contributed by atoms with van der Waals surface area (Å²) in [6.45, 7) is 3.06. The highest BCUT2D eigenvalue weighted by Gasteiger charge is 2.13. The van der Waals surface area contributed by atoms with Crippen LogP contribution in [0.3, 0.4) is 0 Å². The zero-order valence-corrected chi connectivity index (χ0v) is 11.9. The number of anilines is 1. The molecular weight excluding hydrogens is 238 g/mol. The summed E-state index contributed by atoms with van der Waals surface area (Å²) < 4.78 is 4.73. The molecule has 0 aliphatic heterocycles. The normalized spacial score (nSPS) is 16.1. The molecule has 104 valence electrons. The second kappa shape index (κ2) is 6.60. The lowest BCUT2D eigenvalue weighted by molar-refractivity contribution is 0.0600. The third kappa shape index (κ3) is 3.72. The molecule has 0 unspecified atom stereocenters. The molecule has 0 aromatic heterocycles. The number of aryl methyl sites for hydroxylation is 1. The van der Waals surface area contributed by atoms with Gasteiger partial charge in [0.1, 0.15) is 0 Å². The van der Waals surface area contributed by atoms with Crippen molar-refractivity contribution in [2.75, 3.05) is 19.0 Å². The van der Waals surface area contributed by atoms with Gasteiger partial charge in [-0.2, -0.15) is 0 Å². The Balaban J connectivity index is 1.95. The average molecular weight is 261 g/mol. The number of esters is 1. The minimum absolute atomic E-state index is 0.276. The number of nitrogens with one attached hydrogen (secondary N) is 1. The largest absolute Gasteiger partial charge is 0.465 e. The van der Waals surface area contributed by atoms with Gasteiger partial charge in [0.15, 0.2) is 0 Å². The number of carbonyl (C=O) groups is 1. The van der Waals surface area contributed by atoms with Gasteiger partial charge >= 0.3 is 5.97 Å². The molecule has 1 saturated carbocycles. The first kappa shape index (κ1) is 13.9. The van der Waals surface area contributed by atoms with Crippen LogP contribution in [0.4, 0.5) is 5.69 Å². The highest BCUT2D eigenvalue weighted by molar-refractivity contribution is 5.90. The van der Waals surface area contributed by atoms with Gasteiger partial charge in [-0.05, 0) is 49.4 Å². The van der Waals surface area contributed by atoms with Gasteiger partial charge in [-0.1, -0.05) is 19.3 Å². The van der Waals surface area contributed by atoms with Crippen molar-refractivity contribution in [3.63, 3.8) is 0 Å². The summed E-state index contributed by atoms with van der Waals surface area (Å²) in [4.78, 5) is 11.4. The van der Waals surface area contributed by atoms with Crippen molar-refractivity contribution in [3.05, 3.63) is 29.3 Å². The zero-order chi connectivity index (χ0) is 13.7. The topological polar surface area (TPSA) is 38.3 Å². The summed E-state index contributed by atoms with van der Waals surface area (Å²) in [6.07, 6.45) is 6.81. The van der Waals surface area contributed by atoms with Crippen LogP contribution in [0.1, 0.15) is 48.0 Å². The number of ether oxygens (including phenoxy) is 1. The van der Waals surface area contributed by atoms with Crippen LogP contribution in [0.25, 0.3) is 0 Å². The molecule has 19 heavy (non-hydrogen) atoms. The Kier molecular flexibility index (Phi) is 4.83. The van der Waals surface area contributed by atoms with Crippen LogP contribution in [0.2, 0.25) is 0 Å². The monoisotopic (exact) mass is 261 g/mol. The summed E-state index contributed by atoms with van der Waals surface area (Å²) in [6, 6.07) is 5.68. The first-order valence-corrected chi connectivity index (χ1v) is 7.13. The van der Waals surface area contributed by atoms with Crippen LogP contribution in [-0.4, -0.2) is 19.6 Å². The van der Waals surface area contributed by atoms with Gasteiger partial charge in [-0.15, -0.1) is 0 Å². The Labute approximate surface area is 115 Å². The molecule has 3 nitrogen and oxygen atoms in total. The predicted molar refractivity (Wildman–Crippen MR) is 77.6 cm³/mol. The number of hydrogen-bond donors (Lipinski definition) is 1. The highest BCUT2D eigenvalue weighted by Crippen LogP contribution is 2.25. The summed E-state index contributed by atoms with van der Waals surface area (Å²) in [7, 11) is 1.41. The smallest absolute Gasteiger partial charge is 0.337 e. The van der Waals surface area contributed by atoms with Crippen LogP contribution in [0, 0.1) is 12.8 Å². The van der Waals surface area contributed by atoms with Gasteiger partial charge in [0.05, 0.1) is 12.7 Å². The van der Waals surface area contributed by atoms with Gasteiger partial charge in [-0.3, -0.25) is 0 Å². The van der Waals surface area contributed by atoms with E-state index in [9.17, 15) is 4.79 Å². The number of hydrogen-bond acceptors (Lipinski definition) is 3. The van der Waals surface area contributed by atoms with E-state index in [-0.39, 0.29) is 5.97 Å². The van der Waals surface area contributed by atoms with E-state index < -0.39 is 0 Å². The van der Waals surface area contributed by atoms with E-state index in [4.69, 9.17) is 4.74 Å². The number of carbonyl (C=O) groups excluding carboxylic acids is 1. The highest BCUT2D eigenvalue weighted by atomic mass is 16.5. The van der Waals surface area contributed by atoms with E-state index in [1.165, 1.54) is 39.2 Å². The van der Waals surface area contributed by atoms with Crippen LogP contribution in [-0.2, 0) is 4.74 Å². The van der Waals surface area contributed by atoms with Crippen LogP contribution in [0.15, 0.2) is 18.2 Å². The number of benzene rings is 1. The molecule has 1 aromatic carbocycles. The first-order valence-electron chi connectivity index (χ1n) is 7.13. The molecule has 0 radical (unpaired) electrons. The average Bonchev–Trinajstić information content (AvgIpc) is 2.46. The maximum atomic E-state index is 11.4. The Morgan fingerprint density at radius 1 is 1.32 bits per heavy atom. The number of methoxy groups -OCH3 is 1. The Morgan fingerprint density at radius 2 is 2.05 bits per heavy atom. The van der Waals surface area contributed by atoms with Crippen LogP contribution in [0.5, 0.6) is 0 Å². The Hall–Kier alpha value is -1.51. The zero-order valence-electron chi connectivity index (χ0n) is 11.9. The molecular formula is C16H23NO2.